The summed E-state index contributed by atoms with van der Waals surface area (Å²) < 4.78 is 13.5. The third-order valence-corrected chi connectivity index (χ3v) is 6.04. The second kappa shape index (κ2) is 6.62. The predicted molar refractivity (Wildman–Crippen MR) is 106 cm³/mol. The van der Waals surface area contributed by atoms with Crippen molar-refractivity contribution >= 4 is 17.5 Å². The molecule has 0 saturated carbocycles. The van der Waals surface area contributed by atoms with Crippen molar-refractivity contribution in [2.24, 2.45) is 0 Å². The van der Waals surface area contributed by atoms with E-state index in [0.717, 1.165) is 22.4 Å². The number of amides is 2. The molecule has 1 N–H and O–H groups in total. The monoisotopic (exact) mass is 381 g/mol. The number of piperidine rings is 1. The van der Waals surface area contributed by atoms with E-state index in [4.69, 9.17) is 0 Å². The van der Waals surface area contributed by atoms with E-state index in [9.17, 15) is 14.0 Å². The van der Waals surface area contributed by atoms with Crippen molar-refractivity contribution in [3.05, 3.63) is 64.5 Å². The number of carbonyl (C=O) groups is 2. The lowest BCUT2D eigenvalue weighted by Crippen LogP contribution is -2.67. The summed E-state index contributed by atoms with van der Waals surface area (Å²) in [6.45, 7) is 5.06. The molecule has 4 rings (SSSR count). The number of likely N-dealkylation sites (tertiary alicyclic amines) is 1. The Labute approximate surface area is 164 Å². The zero-order valence-corrected chi connectivity index (χ0v) is 16.4. The van der Waals surface area contributed by atoms with E-state index in [1.54, 1.807) is 6.07 Å². The van der Waals surface area contributed by atoms with Gasteiger partial charge in [-0.15, -0.1) is 0 Å². The highest BCUT2D eigenvalue weighted by molar-refractivity contribution is 6.02. The maximum Gasteiger partial charge on any atom is 0.255 e. The van der Waals surface area contributed by atoms with Gasteiger partial charge < -0.3 is 15.1 Å². The number of halogens is 1. The van der Waals surface area contributed by atoms with Gasteiger partial charge in [0.05, 0.1) is 11.3 Å². The summed E-state index contributed by atoms with van der Waals surface area (Å²) in [5.41, 5.74) is 3.35. The first-order valence-corrected chi connectivity index (χ1v) is 9.53. The number of hydrogen-bond donors (Lipinski definition) is 1. The zero-order chi connectivity index (χ0) is 20.1. The number of anilines is 1. The molecule has 1 saturated heterocycles. The topological polar surface area (TPSA) is 52.7 Å². The standard InChI is InChI=1S/C22H24FN3O2/c1-14-4-6-17(15(2)12-14)21(28)26-10-8-22(9-11-26)24-20(27)18-13-16(23)5-7-19(18)25(22)3/h4-7,12-13H,8-11H2,1-3H3,(H,24,27). The van der Waals surface area contributed by atoms with E-state index in [2.05, 4.69) is 5.32 Å². The van der Waals surface area contributed by atoms with E-state index >= 15 is 0 Å². The fourth-order valence-electron chi connectivity index (χ4n) is 4.34. The van der Waals surface area contributed by atoms with E-state index in [1.807, 2.05) is 48.9 Å². The Morgan fingerprint density at radius 1 is 1.11 bits per heavy atom. The van der Waals surface area contributed by atoms with Crippen LogP contribution in [-0.4, -0.2) is 42.5 Å². The first-order valence-electron chi connectivity index (χ1n) is 9.53. The summed E-state index contributed by atoms with van der Waals surface area (Å²) in [6.07, 6.45) is 1.23. The molecule has 146 valence electrons. The maximum absolute atomic E-state index is 13.5. The molecule has 1 spiro atoms. The maximum atomic E-state index is 13.5. The predicted octanol–water partition coefficient (Wildman–Crippen LogP) is 3.25. The minimum absolute atomic E-state index is 0.0274. The number of rotatable bonds is 1. The number of hydrogen-bond acceptors (Lipinski definition) is 3. The SMILES string of the molecule is Cc1ccc(C(=O)N2CCC3(CC2)NC(=O)c2cc(F)ccc2N3C)c(C)c1. The van der Waals surface area contributed by atoms with Gasteiger partial charge >= 0.3 is 0 Å². The molecule has 0 atom stereocenters. The molecule has 2 aromatic carbocycles. The minimum Gasteiger partial charge on any atom is -0.351 e. The van der Waals surface area contributed by atoms with Gasteiger partial charge in [-0.2, -0.15) is 0 Å². The van der Waals surface area contributed by atoms with Crippen LogP contribution in [0.2, 0.25) is 0 Å². The van der Waals surface area contributed by atoms with Crippen molar-refractivity contribution in [3.8, 4) is 0 Å². The lowest BCUT2D eigenvalue weighted by Gasteiger charge is -2.51. The first-order chi connectivity index (χ1) is 13.3. The fourth-order valence-corrected chi connectivity index (χ4v) is 4.34. The molecule has 6 heteroatoms. The van der Waals surface area contributed by atoms with Crippen LogP contribution in [0, 0.1) is 19.7 Å². The molecule has 1 fully saturated rings. The largest absolute Gasteiger partial charge is 0.351 e. The van der Waals surface area contributed by atoms with Crippen LogP contribution in [0.1, 0.15) is 44.7 Å². The van der Waals surface area contributed by atoms with Crippen LogP contribution in [-0.2, 0) is 0 Å². The van der Waals surface area contributed by atoms with Crippen LogP contribution in [0.3, 0.4) is 0 Å². The Kier molecular flexibility index (Phi) is 4.37. The number of nitrogens with zero attached hydrogens (tertiary/aromatic N) is 2. The normalized spacial score (nSPS) is 18.1. The number of nitrogens with one attached hydrogen (secondary N) is 1. The molecule has 0 aliphatic carbocycles. The summed E-state index contributed by atoms with van der Waals surface area (Å²) in [6, 6.07) is 10.2. The van der Waals surface area contributed by atoms with Gasteiger partial charge in [0.15, 0.2) is 0 Å². The van der Waals surface area contributed by atoms with Crippen molar-refractivity contribution in [1.29, 1.82) is 0 Å². The summed E-state index contributed by atoms with van der Waals surface area (Å²) >= 11 is 0. The van der Waals surface area contributed by atoms with Crippen molar-refractivity contribution in [1.82, 2.24) is 10.2 Å². The third-order valence-electron chi connectivity index (χ3n) is 6.04. The summed E-state index contributed by atoms with van der Waals surface area (Å²) in [7, 11) is 1.91. The van der Waals surface area contributed by atoms with Crippen LogP contribution in [0.25, 0.3) is 0 Å². The Morgan fingerprint density at radius 2 is 1.82 bits per heavy atom. The number of aryl methyl sites for hydroxylation is 2. The van der Waals surface area contributed by atoms with Gasteiger partial charge in [-0.3, -0.25) is 9.59 Å². The van der Waals surface area contributed by atoms with Crippen molar-refractivity contribution < 1.29 is 14.0 Å². The Bertz CT molecular complexity index is 964. The highest BCUT2D eigenvalue weighted by Gasteiger charge is 2.45. The zero-order valence-electron chi connectivity index (χ0n) is 16.4. The summed E-state index contributed by atoms with van der Waals surface area (Å²) in [5, 5.41) is 3.07. The van der Waals surface area contributed by atoms with Gasteiger partial charge in [-0.05, 0) is 43.7 Å². The molecule has 0 bridgehead atoms. The molecule has 2 aromatic rings. The lowest BCUT2D eigenvalue weighted by atomic mass is 9.90. The number of fused-ring (bicyclic) bond motifs is 1. The highest BCUT2D eigenvalue weighted by Crippen LogP contribution is 2.36. The van der Waals surface area contributed by atoms with Gasteiger partial charge in [-0.1, -0.05) is 17.7 Å². The Morgan fingerprint density at radius 3 is 2.50 bits per heavy atom. The van der Waals surface area contributed by atoms with Crippen LogP contribution < -0.4 is 10.2 Å². The number of benzene rings is 2. The molecule has 0 unspecified atom stereocenters. The molecule has 0 aromatic heterocycles. The molecule has 5 nitrogen and oxygen atoms in total. The second-order valence-corrected chi connectivity index (χ2v) is 7.82. The molecule has 2 aliphatic rings. The fraction of sp³-hybridized carbons (Fsp3) is 0.364. The Balaban J connectivity index is 1.54. The lowest BCUT2D eigenvalue weighted by molar-refractivity contribution is 0.0608. The van der Waals surface area contributed by atoms with Gasteiger partial charge in [-0.25, -0.2) is 4.39 Å². The van der Waals surface area contributed by atoms with Crippen molar-refractivity contribution in [2.45, 2.75) is 32.4 Å². The van der Waals surface area contributed by atoms with Crippen molar-refractivity contribution in [3.63, 3.8) is 0 Å². The average Bonchev–Trinajstić information content (AvgIpc) is 2.66. The van der Waals surface area contributed by atoms with Gasteiger partial charge in [0, 0.05) is 38.5 Å². The minimum atomic E-state index is -0.555. The molecular formula is C22H24FN3O2. The van der Waals surface area contributed by atoms with E-state index in [1.165, 1.54) is 12.1 Å². The summed E-state index contributed by atoms with van der Waals surface area (Å²) in [4.78, 5) is 29.4. The molecule has 2 amide bonds. The second-order valence-electron chi connectivity index (χ2n) is 7.82. The van der Waals surface area contributed by atoms with E-state index < -0.39 is 11.5 Å². The van der Waals surface area contributed by atoms with Gasteiger partial charge in [0.25, 0.3) is 11.8 Å². The molecule has 2 heterocycles. The van der Waals surface area contributed by atoms with Crippen LogP contribution in [0.4, 0.5) is 10.1 Å². The van der Waals surface area contributed by atoms with E-state index in [0.29, 0.717) is 31.5 Å². The molecule has 28 heavy (non-hydrogen) atoms. The van der Waals surface area contributed by atoms with Gasteiger partial charge in [0.1, 0.15) is 11.5 Å². The van der Waals surface area contributed by atoms with E-state index in [-0.39, 0.29) is 11.8 Å². The smallest absolute Gasteiger partial charge is 0.255 e. The number of carbonyl (C=O) groups excluding carboxylic acids is 2. The average molecular weight is 381 g/mol. The molecule has 0 radical (unpaired) electrons. The molecular weight excluding hydrogens is 357 g/mol. The summed E-state index contributed by atoms with van der Waals surface area (Å²) in [5.74, 6) is -0.659. The quantitative estimate of drug-likeness (QED) is 0.825. The third kappa shape index (κ3) is 2.93. The van der Waals surface area contributed by atoms with Gasteiger partial charge in [0.2, 0.25) is 0 Å². The first kappa shape index (κ1) is 18.5. The van der Waals surface area contributed by atoms with Crippen LogP contribution >= 0.6 is 0 Å². The molecule has 2 aliphatic heterocycles. The van der Waals surface area contributed by atoms with Crippen LogP contribution in [0.15, 0.2) is 36.4 Å². The highest BCUT2D eigenvalue weighted by atomic mass is 19.1. The van der Waals surface area contributed by atoms with Crippen LogP contribution in [0.5, 0.6) is 0 Å². The van der Waals surface area contributed by atoms with Crippen molar-refractivity contribution in [2.75, 3.05) is 25.0 Å². The Hall–Kier alpha value is -2.89.